The van der Waals surface area contributed by atoms with E-state index in [9.17, 15) is 0 Å². The Hall–Kier alpha value is -1.54. The van der Waals surface area contributed by atoms with E-state index in [1.165, 1.54) is 36.0 Å². The van der Waals surface area contributed by atoms with Gasteiger partial charge in [-0.05, 0) is 55.8 Å². The lowest BCUT2D eigenvalue weighted by Crippen LogP contribution is -2.23. The Morgan fingerprint density at radius 1 is 1.19 bits per heavy atom. The van der Waals surface area contributed by atoms with Gasteiger partial charge in [0.1, 0.15) is 5.76 Å². The smallest absolute Gasteiger partial charge is 0.105 e. The molecular formula is C19H25NO. The van der Waals surface area contributed by atoms with Gasteiger partial charge in [-0.1, -0.05) is 37.6 Å². The van der Waals surface area contributed by atoms with Gasteiger partial charge in [0.25, 0.3) is 0 Å². The summed E-state index contributed by atoms with van der Waals surface area (Å²) in [6.07, 6.45) is 7.03. The quantitative estimate of drug-likeness (QED) is 0.812. The van der Waals surface area contributed by atoms with Crippen LogP contribution in [0.3, 0.4) is 0 Å². The lowest BCUT2D eigenvalue weighted by atomic mass is 9.79. The SMILES string of the molecule is CCCNC(c1ccc(C2CCC2)cc1)c1ccoc1C. The average Bonchev–Trinajstić information content (AvgIpc) is 2.85. The molecule has 1 aromatic heterocycles. The van der Waals surface area contributed by atoms with Gasteiger partial charge in [-0.25, -0.2) is 0 Å². The number of hydrogen-bond acceptors (Lipinski definition) is 2. The maximum absolute atomic E-state index is 5.50. The van der Waals surface area contributed by atoms with Crippen molar-refractivity contribution in [3.05, 3.63) is 59.0 Å². The Bertz CT molecular complexity index is 566. The molecular weight excluding hydrogens is 258 g/mol. The van der Waals surface area contributed by atoms with Gasteiger partial charge in [-0.2, -0.15) is 0 Å². The summed E-state index contributed by atoms with van der Waals surface area (Å²) in [5.41, 5.74) is 4.08. The molecule has 0 aliphatic heterocycles. The van der Waals surface area contributed by atoms with Crippen LogP contribution in [0.1, 0.15) is 67.0 Å². The van der Waals surface area contributed by atoms with Crippen molar-refractivity contribution in [2.45, 2.75) is 51.5 Å². The van der Waals surface area contributed by atoms with Crippen LogP contribution in [0, 0.1) is 6.92 Å². The van der Waals surface area contributed by atoms with Crippen LogP contribution in [0.2, 0.25) is 0 Å². The van der Waals surface area contributed by atoms with Gasteiger partial charge in [0.05, 0.1) is 12.3 Å². The van der Waals surface area contributed by atoms with Gasteiger partial charge >= 0.3 is 0 Å². The van der Waals surface area contributed by atoms with Crippen LogP contribution < -0.4 is 5.32 Å². The van der Waals surface area contributed by atoms with E-state index < -0.39 is 0 Å². The molecule has 1 fully saturated rings. The number of aryl methyl sites for hydroxylation is 1. The first-order chi connectivity index (χ1) is 10.3. The summed E-state index contributed by atoms with van der Waals surface area (Å²) in [6, 6.07) is 11.5. The molecule has 0 amide bonds. The first kappa shape index (κ1) is 14.4. The fourth-order valence-corrected chi connectivity index (χ4v) is 3.09. The first-order valence-corrected chi connectivity index (χ1v) is 8.17. The fourth-order valence-electron chi connectivity index (χ4n) is 3.09. The maximum atomic E-state index is 5.50. The monoisotopic (exact) mass is 283 g/mol. The van der Waals surface area contributed by atoms with Crippen molar-refractivity contribution in [1.82, 2.24) is 5.32 Å². The van der Waals surface area contributed by atoms with Gasteiger partial charge in [0.2, 0.25) is 0 Å². The molecule has 2 heteroatoms. The number of hydrogen-bond donors (Lipinski definition) is 1. The number of benzene rings is 1. The summed E-state index contributed by atoms with van der Waals surface area (Å²) in [5.74, 6) is 1.81. The third-order valence-electron chi connectivity index (χ3n) is 4.65. The van der Waals surface area contributed by atoms with E-state index in [0.29, 0.717) is 0 Å². The van der Waals surface area contributed by atoms with E-state index in [1.807, 2.05) is 6.92 Å². The topological polar surface area (TPSA) is 25.2 Å². The van der Waals surface area contributed by atoms with E-state index in [2.05, 4.69) is 42.6 Å². The van der Waals surface area contributed by atoms with E-state index >= 15 is 0 Å². The molecule has 1 aliphatic carbocycles. The molecule has 21 heavy (non-hydrogen) atoms. The zero-order chi connectivity index (χ0) is 14.7. The Labute approximate surface area is 127 Å². The highest BCUT2D eigenvalue weighted by Gasteiger charge is 2.21. The molecule has 1 aromatic carbocycles. The molecule has 0 radical (unpaired) electrons. The molecule has 2 aromatic rings. The molecule has 1 N–H and O–H groups in total. The van der Waals surface area contributed by atoms with E-state index in [0.717, 1.165) is 24.6 Å². The van der Waals surface area contributed by atoms with Crippen LogP contribution in [-0.2, 0) is 0 Å². The Morgan fingerprint density at radius 3 is 2.48 bits per heavy atom. The molecule has 1 atom stereocenters. The zero-order valence-electron chi connectivity index (χ0n) is 13.1. The molecule has 1 saturated carbocycles. The van der Waals surface area contributed by atoms with Gasteiger partial charge < -0.3 is 9.73 Å². The van der Waals surface area contributed by atoms with Gasteiger partial charge in [0, 0.05) is 5.56 Å². The van der Waals surface area contributed by atoms with Crippen molar-refractivity contribution in [3.63, 3.8) is 0 Å². The summed E-state index contributed by atoms with van der Waals surface area (Å²) in [7, 11) is 0. The minimum Gasteiger partial charge on any atom is -0.469 e. The predicted octanol–water partition coefficient (Wildman–Crippen LogP) is 4.94. The molecule has 2 nitrogen and oxygen atoms in total. The molecule has 112 valence electrons. The van der Waals surface area contributed by atoms with Crippen molar-refractivity contribution >= 4 is 0 Å². The highest BCUT2D eigenvalue weighted by atomic mass is 16.3. The van der Waals surface area contributed by atoms with E-state index in [4.69, 9.17) is 4.42 Å². The maximum Gasteiger partial charge on any atom is 0.105 e. The second-order valence-corrected chi connectivity index (χ2v) is 6.11. The molecule has 0 saturated heterocycles. The van der Waals surface area contributed by atoms with Crippen LogP contribution >= 0.6 is 0 Å². The van der Waals surface area contributed by atoms with Crippen LogP contribution in [0.4, 0.5) is 0 Å². The highest BCUT2D eigenvalue weighted by molar-refractivity contribution is 5.35. The van der Waals surface area contributed by atoms with Crippen molar-refractivity contribution in [3.8, 4) is 0 Å². The summed E-state index contributed by atoms with van der Waals surface area (Å²) >= 11 is 0. The molecule has 0 spiro atoms. The van der Waals surface area contributed by atoms with Crippen molar-refractivity contribution in [2.24, 2.45) is 0 Å². The highest BCUT2D eigenvalue weighted by Crippen LogP contribution is 2.37. The summed E-state index contributed by atoms with van der Waals surface area (Å²) < 4.78 is 5.50. The third-order valence-corrected chi connectivity index (χ3v) is 4.65. The van der Waals surface area contributed by atoms with Gasteiger partial charge in [-0.3, -0.25) is 0 Å². The predicted molar refractivity (Wildman–Crippen MR) is 86.6 cm³/mol. The second kappa shape index (κ2) is 6.48. The van der Waals surface area contributed by atoms with E-state index in [-0.39, 0.29) is 6.04 Å². The van der Waals surface area contributed by atoms with Crippen molar-refractivity contribution in [2.75, 3.05) is 6.54 Å². The molecule has 3 rings (SSSR count). The van der Waals surface area contributed by atoms with Crippen LogP contribution in [0.25, 0.3) is 0 Å². The minimum absolute atomic E-state index is 0.235. The second-order valence-electron chi connectivity index (χ2n) is 6.11. The lowest BCUT2D eigenvalue weighted by Gasteiger charge is -2.26. The molecule has 1 aliphatic rings. The largest absolute Gasteiger partial charge is 0.469 e. The average molecular weight is 283 g/mol. The standard InChI is InChI=1S/C19H25NO/c1-3-12-20-19(18-11-13-21-14(18)2)17-9-7-16(8-10-17)15-5-4-6-15/h7-11,13,15,19-20H,3-6,12H2,1-2H3. The summed E-state index contributed by atoms with van der Waals surface area (Å²) in [5, 5.41) is 3.65. The fraction of sp³-hybridized carbons (Fsp3) is 0.474. The Kier molecular flexibility index (Phi) is 4.45. The minimum atomic E-state index is 0.235. The van der Waals surface area contributed by atoms with Crippen molar-refractivity contribution < 1.29 is 4.42 Å². The zero-order valence-corrected chi connectivity index (χ0v) is 13.1. The van der Waals surface area contributed by atoms with Gasteiger partial charge in [-0.15, -0.1) is 0 Å². The molecule has 1 heterocycles. The molecule has 1 unspecified atom stereocenters. The summed E-state index contributed by atoms with van der Waals surface area (Å²) in [6.45, 7) is 5.25. The normalized spacial score (nSPS) is 16.7. The summed E-state index contributed by atoms with van der Waals surface area (Å²) in [4.78, 5) is 0. The van der Waals surface area contributed by atoms with Gasteiger partial charge in [0.15, 0.2) is 0 Å². The van der Waals surface area contributed by atoms with Crippen molar-refractivity contribution in [1.29, 1.82) is 0 Å². The van der Waals surface area contributed by atoms with Crippen LogP contribution in [0.5, 0.6) is 0 Å². The number of rotatable bonds is 6. The van der Waals surface area contributed by atoms with E-state index in [1.54, 1.807) is 6.26 Å². The third kappa shape index (κ3) is 3.06. The van der Waals surface area contributed by atoms with Crippen LogP contribution in [-0.4, -0.2) is 6.54 Å². The molecule has 0 bridgehead atoms. The number of furan rings is 1. The first-order valence-electron chi connectivity index (χ1n) is 8.17. The Morgan fingerprint density at radius 2 is 1.95 bits per heavy atom. The number of nitrogens with one attached hydrogen (secondary N) is 1. The van der Waals surface area contributed by atoms with Crippen LogP contribution in [0.15, 0.2) is 41.0 Å². The Balaban J connectivity index is 1.83. The lowest BCUT2D eigenvalue weighted by molar-refractivity contribution is 0.419.